The van der Waals surface area contributed by atoms with Crippen LogP contribution in [0.25, 0.3) is 0 Å². The van der Waals surface area contributed by atoms with Gasteiger partial charge < -0.3 is 54.4 Å². The number of amides is 2. The minimum Gasteiger partial charge on any atom is -0.481 e. The normalized spacial score (nSPS) is 14.2. The van der Waals surface area contributed by atoms with E-state index in [1.54, 1.807) is 0 Å². The number of rotatable bonds is 27. The fourth-order valence-corrected chi connectivity index (χ4v) is 3.57. The molecule has 1 rings (SSSR count). The molecule has 0 aromatic heterocycles. The summed E-state index contributed by atoms with van der Waals surface area (Å²) in [7, 11) is 0. The minimum absolute atomic E-state index is 0.0280. The van der Waals surface area contributed by atoms with E-state index in [9.17, 15) is 24.0 Å². The fourth-order valence-electron chi connectivity index (χ4n) is 3.57. The molecule has 0 bridgehead atoms. The van der Waals surface area contributed by atoms with E-state index in [2.05, 4.69) is 10.6 Å². The topological polar surface area (TPSA) is 225 Å². The van der Waals surface area contributed by atoms with Crippen molar-refractivity contribution < 1.29 is 67.7 Å². The van der Waals surface area contributed by atoms with Crippen molar-refractivity contribution in [1.82, 2.24) is 10.6 Å². The molecule has 16 nitrogen and oxygen atoms in total. The number of carboxylic acids is 3. The molecule has 0 aliphatic heterocycles. The lowest BCUT2D eigenvalue weighted by atomic mass is 10.0. The predicted molar refractivity (Wildman–Crippen MR) is 152 cm³/mol. The van der Waals surface area contributed by atoms with Gasteiger partial charge in [-0.1, -0.05) is 24.3 Å². The number of allylic oxidation sites excluding steroid dienone is 3. The number of hydrogen-bond acceptors (Lipinski definition) is 11. The summed E-state index contributed by atoms with van der Waals surface area (Å²) >= 11 is 0. The summed E-state index contributed by atoms with van der Waals surface area (Å²) in [6.45, 7) is -0.0317. The Kier molecular flexibility index (Phi) is 20.8. The van der Waals surface area contributed by atoms with Gasteiger partial charge in [-0.15, -0.1) is 0 Å². The Hall–Kier alpha value is -3.57. The van der Waals surface area contributed by atoms with E-state index < -0.39 is 35.4 Å². The highest BCUT2D eigenvalue weighted by Gasteiger charge is 2.34. The molecule has 250 valence electrons. The average molecular weight is 633 g/mol. The molecule has 2 amide bonds. The molecule has 0 aromatic carbocycles. The van der Waals surface area contributed by atoms with Crippen LogP contribution in [0.3, 0.4) is 0 Å². The number of hydrogen-bond donors (Lipinski definition) is 5. The van der Waals surface area contributed by atoms with Gasteiger partial charge in [-0.05, 0) is 6.42 Å². The number of carbonyl (C=O) groups excluding carboxylic acids is 2. The van der Waals surface area contributed by atoms with Crippen molar-refractivity contribution in [3.05, 3.63) is 24.3 Å². The van der Waals surface area contributed by atoms with Crippen LogP contribution in [0.1, 0.15) is 32.1 Å². The first-order valence-electron chi connectivity index (χ1n) is 14.2. The fraction of sp³-hybridized carbons (Fsp3) is 0.679. The Morgan fingerprint density at radius 2 is 1.20 bits per heavy atom. The monoisotopic (exact) mass is 632 g/mol. The van der Waals surface area contributed by atoms with Crippen LogP contribution in [0, 0.1) is 5.92 Å². The Balaban J connectivity index is 2.41. The first-order chi connectivity index (χ1) is 21.1. The molecule has 0 radical (unpaired) electrons. The van der Waals surface area contributed by atoms with Crippen LogP contribution < -0.4 is 10.6 Å². The Morgan fingerprint density at radius 3 is 1.70 bits per heavy atom. The highest BCUT2D eigenvalue weighted by molar-refractivity contribution is 5.77. The highest BCUT2D eigenvalue weighted by Crippen LogP contribution is 2.12. The van der Waals surface area contributed by atoms with Crippen LogP contribution in [-0.2, 0) is 47.6 Å². The average Bonchev–Trinajstić information content (AvgIpc) is 2.98. The quantitative estimate of drug-likeness (QED) is 0.0782. The SMILES string of the molecule is O=C(O)CCOCC(COCCC(=O)O)(COCCC(=O)O)NC(=O)CCOCCOCCNC(=O)OCC1C=CC=CC1. The second kappa shape index (κ2) is 23.8. The standard InChI is InChI=1S/C28H44N2O14/c31-23(6-11-39-16-17-40-15-10-29-27(38)44-18-22-4-2-1-3-5-22)30-28(19-41-12-7-24(32)33,20-42-13-8-25(34)35)21-43-14-9-26(36)37/h1-4,22H,5-21H2,(H,29,38)(H,30,31)(H,32,33)(H,34,35)(H,36,37). The summed E-state index contributed by atoms with van der Waals surface area (Å²) < 4.78 is 32.3. The summed E-state index contributed by atoms with van der Waals surface area (Å²) in [6, 6.07) is 0. The van der Waals surface area contributed by atoms with E-state index in [0.29, 0.717) is 6.61 Å². The molecular formula is C28H44N2O14. The van der Waals surface area contributed by atoms with Gasteiger partial charge in [0.05, 0.1) is 91.9 Å². The molecule has 16 heteroatoms. The van der Waals surface area contributed by atoms with Crippen molar-refractivity contribution >= 4 is 29.9 Å². The highest BCUT2D eigenvalue weighted by atomic mass is 16.6. The first-order valence-corrected chi connectivity index (χ1v) is 14.2. The van der Waals surface area contributed by atoms with Crippen molar-refractivity contribution in [2.24, 2.45) is 5.92 Å². The van der Waals surface area contributed by atoms with Gasteiger partial charge in [-0.3, -0.25) is 19.2 Å². The zero-order chi connectivity index (χ0) is 32.5. The van der Waals surface area contributed by atoms with E-state index in [1.807, 2.05) is 24.3 Å². The molecule has 1 unspecified atom stereocenters. The summed E-state index contributed by atoms with van der Waals surface area (Å²) in [5, 5.41) is 31.9. The lowest BCUT2D eigenvalue weighted by molar-refractivity contribution is -0.140. The zero-order valence-electron chi connectivity index (χ0n) is 24.7. The molecule has 0 fully saturated rings. The molecular weight excluding hydrogens is 588 g/mol. The Bertz CT molecular complexity index is 884. The molecule has 0 aromatic rings. The molecule has 0 saturated heterocycles. The molecule has 0 spiro atoms. The van der Waals surface area contributed by atoms with Crippen LogP contribution in [0.15, 0.2) is 24.3 Å². The van der Waals surface area contributed by atoms with Gasteiger partial charge >= 0.3 is 24.0 Å². The van der Waals surface area contributed by atoms with Gasteiger partial charge in [-0.2, -0.15) is 0 Å². The van der Waals surface area contributed by atoms with E-state index >= 15 is 0 Å². The molecule has 5 N–H and O–H groups in total. The maximum atomic E-state index is 12.7. The maximum absolute atomic E-state index is 12.7. The predicted octanol–water partition coefficient (Wildman–Crippen LogP) is 0.597. The van der Waals surface area contributed by atoms with Crippen molar-refractivity contribution in [3.8, 4) is 0 Å². The van der Waals surface area contributed by atoms with Crippen molar-refractivity contribution in [2.45, 2.75) is 37.6 Å². The molecule has 0 saturated carbocycles. The van der Waals surface area contributed by atoms with Crippen molar-refractivity contribution in [2.75, 3.05) is 79.2 Å². The number of nitrogens with one attached hydrogen (secondary N) is 2. The van der Waals surface area contributed by atoms with Crippen LogP contribution in [0.5, 0.6) is 0 Å². The second-order valence-electron chi connectivity index (χ2n) is 9.73. The second-order valence-corrected chi connectivity index (χ2v) is 9.73. The third-order valence-electron chi connectivity index (χ3n) is 5.78. The molecule has 44 heavy (non-hydrogen) atoms. The lowest BCUT2D eigenvalue weighted by Crippen LogP contribution is -2.59. The lowest BCUT2D eigenvalue weighted by Gasteiger charge is -2.34. The third kappa shape index (κ3) is 21.2. The largest absolute Gasteiger partial charge is 0.481 e. The minimum atomic E-state index is -1.35. The van der Waals surface area contributed by atoms with Crippen molar-refractivity contribution in [3.63, 3.8) is 0 Å². The van der Waals surface area contributed by atoms with Gasteiger partial charge in [0.15, 0.2) is 0 Å². The van der Waals surface area contributed by atoms with Crippen LogP contribution in [0.4, 0.5) is 4.79 Å². The molecule has 1 atom stereocenters. The number of ether oxygens (including phenoxy) is 6. The summed E-state index contributed by atoms with van der Waals surface area (Å²) in [4.78, 5) is 57.0. The zero-order valence-corrected chi connectivity index (χ0v) is 24.7. The number of carboxylic acid groups (broad SMARTS) is 3. The van der Waals surface area contributed by atoms with Gasteiger partial charge in [-0.25, -0.2) is 4.79 Å². The van der Waals surface area contributed by atoms with Crippen LogP contribution >= 0.6 is 0 Å². The molecule has 1 aliphatic carbocycles. The van der Waals surface area contributed by atoms with Crippen LogP contribution in [-0.4, -0.2) is 130 Å². The Labute approximate surface area is 255 Å². The smallest absolute Gasteiger partial charge is 0.407 e. The number of aliphatic carboxylic acids is 3. The first kappa shape index (κ1) is 38.5. The van der Waals surface area contributed by atoms with Gasteiger partial charge in [0.1, 0.15) is 5.54 Å². The van der Waals surface area contributed by atoms with Gasteiger partial charge in [0.2, 0.25) is 5.91 Å². The molecule has 1 aliphatic rings. The van der Waals surface area contributed by atoms with E-state index in [1.165, 1.54) is 0 Å². The number of alkyl carbamates (subject to hydrolysis) is 1. The summed E-state index contributed by atoms with van der Waals surface area (Å²) in [6.07, 6.45) is 7.18. The molecule has 0 heterocycles. The summed E-state index contributed by atoms with van der Waals surface area (Å²) in [5.41, 5.74) is -1.35. The van der Waals surface area contributed by atoms with Gasteiger partial charge in [0.25, 0.3) is 0 Å². The Morgan fingerprint density at radius 1 is 0.682 bits per heavy atom. The van der Waals surface area contributed by atoms with E-state index in [-0.39, 0.29) is 104 Å². The van der Waals surface area contributed by atoms with E-state index in [0.717, 1.165) is 6.42 Å². The van der Waals surface area contributed by atoms with Crippen molar-refractivity contribution in [1.29, 1.82) is 0 Å². The maximum Gasteiger partial charge on any atom is 0.407 e. The van der Waals surface area contributed by atoms with Gasteiger partial charge in [0, 0.05) is 18.9 Å². The van der Waals surface area contributed by atoms with Crippen LogP contribution in [0.2, 0.25) is 0 Å². The third-order valence-corrected chi connectivity index (χ3v) is 5.78. The summed E-state index contributed by atoms with van der Waals surface area (Å²) in [5.74, 6) is -3.58. The number of carbonyl (C=O) groups is 5. The van der Waals surface area contributed by atoms with E-state index in [4.69, 9.17) is 43.7 Å².